The maximum atomic E-state index is 8.97. The van der Waals surface area contributed by atoms with Crippen LogP contribution in [0.1, 0.15) is 40.0 Å². The van der Waals surface area contributed by atoms with E-state index in [-0.39, 0.29) is 0 Å². The van der Waals surface area contributed by atoms with E-state index in [9.17, 15) is 0 Å². The van der Waals surface area contributed by atoms with Crippen LogP contribution in [0.3, 0.4) is 0 Å². The van der Waals surface area contributed by atoms with E-state index >= 15 is 0 Å². The molecule has 0 aliphatic carbocycles. The van der Waals surface area contributed by atoms with Crippen LogP contribution in [0.5, 0.6) is 0 Å². The highest BCUT2D eigenvalue weighted by Gasteiger charge is 2.41. The van der Waals surface area contributed by atoms with E-state index < -0.39 is 8.24 Å². The lowest BCUT2D eigenvalue weighted by Gasteiger charge is -2.48. The van der Waals surface area contributed by atoms with Crippen molar-refractivity contribution >= 4 is 8.24 Å². The highest BCUT2D eigenvalue weighted by Crippen LogP contribution is 2.40. The first-order chi connectivity index (χ1) is 7.29. The Balaban J connectivity index is 2.53. The third kappa shape index (κ3) is 3.08. The predicted octanol–water partition coefficient (Wildman–Crippen LogP) is 3.09. The van der Waals surface area contributed by atoms with E-state index in [1.807, 2.05) is 0 Å². The molecule has 1 aliphatic rings. The van der Waals surface area contributed by atoms with Crippen LogP contribution in [0, 0.1) is 5.92 Å². The molecule has 1 saturated heterocycles. The first-order valence-electron chi connectivity index (χ1n) is 6.65. The van der Waals surface area contributed by atoms with E-state index in [1.54, 1.807) is 0 Å². The molecule has 0 bridgehead atoms. The molecule has 0 aromatic heterocycles. The fourth-order valence-corrected chi connectivity index (χ4v) is 4.76. The van der Waals surface area contributed by atoms with Crippen molar-refractivity contribution in [2.45, 2.75) is 58.2 Å². The summed E-state index contributed by atoms with van der Waals surface area (Å²) in [4.78, 5) is 0. The van der Waals surface area contributed by atoms with Crippen LogP contribution in [0.15, 0.2) is 0 Å². The van der Waals surface area contributed by atoms with Gasteiger partial charge in [-0.15, -0.1) is 0 Å². The van der Waals surface area contributed by atoms with Crippen molar-refractivity contribution in [1.82, 2.24) is 4.57 Å². The van der Waals surface area contributed by atoms with Gasteiger partial charge in [0, 0.05) is 6.61 Å². The van der Waals surface area contributed by atoms with Gasteiger partial charge in [-0.25, -0.2) is 0 Å². The van der Waals surface area contributed by atoms with Gasteiger partial charge in [-0.2, -0.15) is 0 Å². The van der Waals surface area contributed by atoms with Gasteiger partial charge in [-0.05, 0) is 43.3 Å². The molecular weight excluding hydrogens is 214 g/mol. The molecule has 3 heteroatoms. The van der Waals surface area contributed by atoms with Crippen molar-refractivity contribution < 1.29 is 5.11 Å². The Labute approximate surface area is 102 Å². The Hall–Kier alpha value is 0.137. The number of aliphatic hydroxyl groups is 1. The van der Waals surface area contributed by atoms with Gasteiger partial charge in [0.15, 0.2) is 0 Å². The summed E-state index contributed by atoms with van der Waals surface area (Å²) in [5.74, 6) is 0.769. The lowest BCUT2D eigenvalue weighted by molar-refractivity contribution is 0.202. The van der Waals surface area contributed by atoms with Gasteiger partial charge in [0.05, 0.1) is 0 Å². The first kappa shape index (κ1) is 14.2. The summed E-state index contributed by atoms with van der Waals surface area (Å²) in [5, 5.41) is 9.42. The Morgan fingerprint density at radius 3 is 2.06 bits per heavy atom. The maximum Gasteiger partial charge on any atom is 0.127 e. The van der Waals surface area contributed by atoms with E-state index in [2.05, 4.69) is 38.4 Å². The first-order valence-corrected chi connectivity index (χ1v) is 9.59. The number of aliphatic hydroxyl groups excluding tert-OH is 1. The monoisotopic (exact) mass is 243 g/mol. The molecule has 0 radical (unpaired) electrons. The molecule has 1 rings (SSSR count). The second-order valence-corrected chi connectivity index (χ2v) is 12.0. The fourth-order valence-electron chi connectivity index (χ4n) is 2.44. The highest BCUT2D eigenvalue weighted by atomic mass is 28.3. The third-order valence-corrected chi connectivity index (χ3v) is 10.5. The second-order valence-electron chi connectivity index (χ2n) is 6.75. The molecule has 0 unspecified atom stereocenters. The fraction of sp³-hybridized carbons (Fsp3) is 1.00. The summed E-state index contributed by atoms with van der Waals surface area (Å²) in [6.45, 7) is 15.0. The van der Waals surface area contributed by atoms with Crippen molar-refractivity contribution in [3.05, 3.63) is 0 Å². The Morgan fingerprint density at radius 1 is 1.19 bits per heavy atom. The second kappa shape index (κ2) is 5.19. The van der Waals surface area contributed by atoms with E-state index in [1.165, 1.54) is 25.9 Å². The average Bonchev–Trinajstić information content (AvgIpc) is 2.17. The maximum absolute atomic E-state index is 8.97. The molecule has 0 saturated carbocycles. The van der Waals surface area contributed by atoms with Crippen molar-refractivity contribution in [3.8, 4) is 0 Å². The molecule has 0 atom stereocenters. The van der Waals surface area contributed by atoms with Gasteiger partial charge in [0.2, 0.25) is 0 Å². The van der Waals surface area contributed by atoms with E-state index in [0.717, 1.165) is 12.3 Å². The lowest BCUT2D eigenvalue weighted by Crippen LogP contribution is -2.57. The molecule has 16 heavy (non-hydrogen) atoms. The Morgan fingerprint density at radius 2 is 1.69 bits per heavy atom. The van der Waals surface area contributed by atoms with Crippen LogP contribution in [-0.2, 0) is 0 Å². The van der Waals surface area contributed by atoms with E-state index in [0.29, 0.717) is 11.6 Å². The predicted molar refractivity (Wildman–Crippen MR) is 73.2 cm³/mol. The standard InChI is InChI=1S/C13H29NOSi/c1-13(2,3)16(4,5)14-9-6-12(7-10-14)8-11-15/h12,15H,6-11H2,1-5H3. The molecule has 2 nitrogen and oxygen atoms in total. The van der Waals surface area contributed by atoms with Crippen LogP contribution >= 0.6 is 0 Å². The zero-order chi connectivity index (χ0) is 12.4. The normalized spacial score (nSPS) is 21.4. The molecule has 0 aromatic carbocycles. The number of hydrogen-bond acceptors (Lipinski definition) is 2. The molecule has 96 valence electrons. The Kier molecular flexibility index (Phi) is 4.61. The number of nitrogens with zero attached hydrogens (tertiary/aromatic N) is 1. The van der Waals surface area contributed by atoms with Gasteiger partial charge in [0.25, 0.3) is 0 Å². The molecule has 1 N–H and O–H groups in total. The molecular formula is C13H29NOSi. The molecule has 0 spiro atoms. The van der Waals surface area contributed by atoms with Crippen molar-refractivity contribution in [2.24, 2.45) is 5.92 Å². The number of rotatable bonds is 3. The van der Waals surface area contributed by atoms with Crippen LogP contribution in [0.2, 0.25) is 18.1 Å². The van der Waals surface area contributed by atoms with Gasteiger partial charge >= 0.3 is 0 Å². The van der Waals surface area contributed by atoms with Crippen LogP contribution in [-0.4, -0.2) is 37.6 Å². The zero-order valence-electron chi connectivity index (χ0n) is 11.7. The van der Waals surface area contributed by atoms with Crippen LogP contribution in [0.4, 0.5) is 0 Å². The SMILES string of the molecule is CC(C)(C)[Si](C)(C)N1CCC(CCO)CC1. The summed E-state index contributed by atoms with van der Waals surface area (Å²) in [6.07, 6.45) is 3.57. The summed E-state index contributed by atoms with van der Waals surface area (Å²) >= 11 is 0. The zero-order valence-corrected chi connectivity index (χ0v) is 12.7. The molecule has 1 aliphatic heterocycles. The number of hydrogen-bond donors (Lipinski definition) is 1. The molecule has 1 fully saturated rings. The highest BCUT2D eigenvalue weighted by molar-refractivity contribution is 6.77. The minimum Gasteiger partial charge on any atom is -0.396 e. The van der Waals surface area contributed by atoms with E-state index in [4.69, 9.17) is 5.11 Å². The average molecular weight is 243 g/mol. The summed E-state index contributed by atoms with van der Waals surface area (Å²) in [5.41, 5.74) is 0. The van der Waals surface area contributed by atoms with Gasteiger partial charge in [0.1, 0.15) is 8.24 Å². The summed E-state index contributed by atoms with van der Waals surface area (Å²) in [7, 11) is -1.29. The topological polar surface area (TPSA) is 23.5 Å². The molecule has 0 aromatic rings. The largest absolute Gasteiger partial charge is 0.396 e. The molecule has 1 heterocycles. The smallest absolute Gasteiger partial charge is 0.127 e. The van der Waals surface area contributed by atoms with Crippen molar-refractivity contribution in [3.63, 3.8) is 0 Å². The van der Waals surface area contributed by atoms with Crippen LogP contribution < -0.4 is 0 Å². The van der Waals surface area contributed by atoms with Gasteiger partial charge < -0.3 is 9.67 Å². The van der Waals surface area contributed by atoms with Gasteiger partial charge in [-0.1, -0.05) is 33.9 Å². The quantitative estimate of drug-likeness (QED) is 0.770. The third-order valence-electron chi connectivity index (χ3n) is 4.78. The lowest BCUT2D eigenvalue weighted by atomic mass is 9.95. The minimum absolute atomic E-state index is 0.366. The Bertz CT molecular complexity index is 214. The van der Waals surface area contributed by atoms with Crippen molar-refractivity contribution in [2.75, 3.05) is 19.7 Å². The van der Waals surface area contributed by atoms with Crippen LogP contribution in [0.25, 0.3) is 0 Å². The summed E-state index contributed by atoms with van der Waals surface area (Å²) < 4.78 is 2.76. The molecule has 0 amide bonds. The summed E-state index contributed by atoms with van der Waals surface area (Å²) in [6, 6.07) is 0. The van der Waals surface area contributed by atoms with Crippen molar-refractivity contribution in [1.29, 1.82) is 0 Å². The van der Waals surface area contributed by atoms with Gasteiger partial charge in [-0.3, -0.25) is 0 Å². The number of piperidine rings is 1. The minimum atomic E-state index is -1.29.